The fourth-order valence-corrected chi connectivity index (χ4v) is 2.39. The maximum absolute atomic E-state index is 9.84. The van der Waals surface area contributed by atoms with Crippen LogP contribution in [-0.2, 0) is 13.0 Å². The van der Waals surface area contributed by atoms with E-state index in [0.717, 1.165) is 30.0 Å². The predicted octanol–water partition coefficient (Wildman–Crippen LogP) is 3.59. The van der Waals surface area contributed by atoms with Gasteiger partial charge >= 0.3 is 0 Å². The van der Waals surface area contributed by atoms with Crippen molar-refractivity contribution < 1.29 is 9.84 Å². The molecule has 2 aromatic carbocycles. The molecule has 0 saturated heterocycles. The van der Waals surface area contributed by atoms with Gasteiger partial charge < -0.3 is 15.2 Å². The molecule has 0 atom stereocenters. The zero-order chi connectivity index (χ0) is 13.2. The molecule has 19 heavy (non-hydrogen) atoms. The minimum absolute atomic E-state index is 0.140. The lowest BCUT2D eigenvalue weighted by molar-refractivity contribution is 0.357. The van der Waals surface area contributed by atoms with Crippen LogP contribution in [0.15, 0.2) is 36.4 Å². The molecule has 0 radical (unpaired) electrons. The van der Waals surface area contributed by atoms with Crippen molar-refractivity contribution in [2.24, 2.45) is 0 Å². The Morgan fingerprint density at radius 1 is 1.26 bits per heavy atom. The zero-order valence-electron chi connectivity index (χ0n) is 10.3. The molecular weight excluding hydrogens is 262 g/mol. The lowest BCUT2D eigenvalue weighted by Gasteiger charge is -2.10. The molecule has 3 rings (SSSR count). The van der Waals surface area contributed by atoms with Gasteiger partial charge in [0.1, 0.15) is 11.5 Å². The fraction of sp³-hybridized carbons (Fsp3) is 0.200. The molecule has 0 aliphatic carbocycles. The molecule has 0 aromatic heterocycles. The molecule has 0 unspecified atom stereocenters. The van der Waals surface area contributed by atoms with Crippen LogP contribution < -0.4 is 10.1 Å². The summed E-state index contributed by atoms with van der Waals surface area (Å²) < 4.78 is 5.47. The maximum atomic E-state index is 9.84. The first-order valence-corrected chi connectivity index (χ1v) is 6.58. The van der Waals surface area contributed by atoms with Crippen molar-refractivity contribution in [1.82, 2.24) is 0 Å². The highest BCUT2D eigenvalue weighted by molar-refractivity contribution is 6.32. The molecule has 4 heteroatoms. The van der Waals surface area contributed by atoms with Crippen molar-refractivity contribution in [1.29, 1.82) is 0 Å². The van der Waals surface area contributed by atoms with E-state index in [0.29, 0.717) is 11.6 Å². The monoisotopic (exact) mass is 275 g/mol. The number of fused-ring (bicyclic) bond motifs is 1. The van der Waals surface area contributed by atoms with Crippen molar-refractivity contribution in [3.8, 4) is 11.5 Å². The van der Waals surface area contributed by atoms with Crippen LogP contribution in [0.25, 0.3) is 0 Å². The number of nitrogens with one attached hydrogen (secondary N) is 1. The number of hydrogen-bond donors (Lipinski definition) is 2. The maximum Gasteiger partial charge on any atom is 0.139 e. The van der Waals surface area contributed by atoms with E-state index in [1.807, 2.05) is 24.3 Å². The van der Waals surface area contributed by atoms with Crippen molar-refractivity contribution in [3.05, 3.63) is 52.5 Å². The number of aromatic hydroxyl groups is 1. The Hall–Kier alpha value is -1.87. The second-order valence-electron chi connectivity index (χ2n) is 4.52. The summed E-state index contributed by atoms with van der Waals surface area (Å²) in [6.45, 7) is 1.29. The number of phenols is 1. The second kappa shape index (κ2) is 5.02. The van der Waals surface area contributed by atoms with E-state index in [-0.39, 0.29) is 5.75 Å². The second-order valence-corrected chi connectivity index (χ2v) is 4.93. The van der Waals surface area contributed by atoms with Gasteiger partial charge in [0, 0.05) is 24.2 Å². The van der Waals surface area contributed by atoms with Crippen molar-refractivity contribution in [2.45, 2.75) is 13.0 Å². The van der Waals surface area contributed by atoms with Gasteiger partial charge in [-0.2, -0.15) is 0 Å². The summed E-state index contributed by atoms with van der Waals surface area (Å²) in [4.78, 5) is 0. The van der Waals surface area contributed by atoms with E-state index in [1.54, 1.807) is 6.07 Å². The molecule has 3 nitrogen and oxygen atoms in total. The van der Waals surface area contributed by atoms with Gasteiger partial charge in [0.05, 0.1) is 11.6 Å². The molecule has 0 amide bonds. The van der Waals surface area contributed by atoms with Gasteiger partial charge in [-0.1, -0.05) is 23.7 Å². The summed E-state index contributed by atoms with van der Waals surface area (Å²) in [7, 11) is 0. The molecule has 2 aromatic rings. The highest BCUT2D eigenvalue weighted by Gasteiger charge is 2.12. The molecule has 0 fully saturated rings. The fourth-order valence-electron chi connectivity index (χ4n) is 2.20. The summed E-state index contributed by atoms with van der Waals surface area (Å²) in [6, 6.07) is 11.4. The van der Waals surface area contributed by atoms with Gasteiger partial charge in [0.15, 0.2) is 0 Å². The lowest BCUT2D eigenvalue weighted by Crippen LogP contribution is -2.00. The molecule has 0 spiro atoms. The molecule has 1 heterocycles. The van der Waals surface area contributed by atoms with Crippen molar-refractivity contribution >= 4 is 17.3 Å². The van der Waals surface area contributed by atoms with E-state index in [2.05, 4.69) is 11.4 Å². The topological polar surface area (TPSA) is 41.5 Å². The summed E-state index contributed by atoms with van der Waals surface area (Å²) in [6.07, 6.45) is 0.952. The average Bonchev–Trinajstić information content (AvgIpc) is 2.88. The number of anilines is 1. The van der Waals surface area contributed by atoms with Crippen LogP contribution in [0.3, 0.4) is 0 Å². The Morgan fingerprint density at radius 3 is 3.05 bits per heavy atom. The van der Waals surface area contributed by atoms with Gasteiger partial charge in [0.25, 0.3) is 0 Å². The largest absolute Gasteiger partial charge is 0.506 e. The molecule has 98 valence electrons. The quantitative estimate of drug-likeness (QED) is 0.899. The number of rotatable bonds is 3. The van der Waals surface area contributed by atoms with Crippen LogP contribution in [0.5, 0.6) is 11.5 Å². The Kier molecular flexibility index (Phi) is 3.22. The van der Waals surface area contributed by atoms with Crippen LogP contribution in [0, 0.1) is 0 Å². The molecule has 1 aliphatic rings. The number of para-hydroxylation sites is 1. The van der Waals surface area contributed by atoms with E-state index in [1.165, 1.54) is 5.56 Å². The van der Waals surface area contributed by atoms with Gasteiger partial charge in [-0.25, -0.2) is 0 Å². The Balaban J connectivity index is 1.74. The van der Waals surface area contributed by atoms with Crippen LogP contribution >= 0.6 is 11.6 Å². The minimum atomic E-state index is 0.140. The van der Waals surface area contributed by atoms with Crippen LogP contribution in [0.4, 0.5) is 5.69 Å². The molecule has 0 bridgehead atoms. The summed E-state index contributed by atoms with van der Waals surface area (Å²) in [5.74, 6) is 1.11. The normalized spacial score (nSPS) is 12.9. The lowest BCUT2D eigenvalue weighted by atomic mass is 10.1. The third-order valence-corrected chi connectivity index (χ3v) is 3.55. The SMILES string of the molecule is Oc1c(Cl)cccc1CNc1ccc2c(c1)CCO2. The van der Waals surface area contributed by atoms with E-state index >= 15 is 0 Å². The van der Waals surface area contributed by atoms with Crippen molar-refractivity contribution in [3.63, 3.8) is 0 Å². The van der Waals surface area contributed by atoms with Gasteiger partial charge in [-0.05, 0) is 29.8 Å². The molecular formula is C15H14ClNO2. The third-order valence-electron chi connectivity index (χ3n) is 3.24. The average molecular weight is 276 g/mol. The number of hydrogen-bond acceptors (Lipinski definition) is 3. The zero-order valence-corrected chi connectivity index (χ0v) is 11.1. The highest BCUT2D eigenvalue weighted by Crippen LogP contribution is 2.30. The van der Waals surface area contributed by atoms with Crippen molar-refractivity contribution in [2.75, 3.05) is 11.9 Å². The van der Waals surface area contributed by atoms with Gasteiger partial charge in [0.2, 0.25) is 0 Å². The Morgan fingerprint density at radius 2 is 2.16 bits per heavy atom. The first-order chi connectivity index (χ1) is 9.24. The molecule has 2 N–H and O–H groups in total. The third kappa shape index (κ3) is 2.47. The Labute approximate surface area is 116 Å². The number of ether oxygens (including phenoxy) is 1. The van der Waals surface area contributed by atoms with E-state index < -0.39 is 0 Å². The number of benzene rings is 2. The van der Waals surface area contributed by atoms with Gasteiger partial charge in [-0.15, -0.1) is 0 Å². The highest BCUT2D eigenvalue weighted by atomic mass is 35.5. The summed E-state index contributed by atoms with van der Waals surface area (Å²) in [5, 5.41) is 13.5. The van der Waals surface area contributed by atoms with Crippen LogP contribution in [0.2, 0.25) is 5.02 Å². The van der Waals surface area contributed by atoms with E-state index in [9.17, 15) is 5.11 Å². The summed E-state index contributed by atoms with van der Waals surface area (Å²) in [5.41, 5.74) is 3.02. The summed E-state index contributed by atoms with van der Waals surface area (Å²) >= 11 is 5.88. The van der Waals surface area contributed by atoms with Crippen LogP contribution in [0.1, 0.15) is 11.1 Å². The van der Waals surface area contributed by atoms with Crippen LogP contribution in [-0.4, -0.2) is 11.7 Å². The van der Waals surface area contributed by atoms with E-state index in [4.69, 9.17) is 16.3 Å². The first-order valence-electron chi connectivity index (χ1n) is 6.20. The number of phenolic OH excluding ortho intramolecular Hbond substituents is 1. The minimum Gasteiger partial charge on any atom is -0.506 e. The predicted molar refractivity (Wildman–Crippen MR) is 76.1 cm³/mol. The molecule has 1 aliphatic heterocycles. The Bertz CT molecular complexity index is 613. The number of halogens is 1. The van der Waals surface area contributed by atoms with Gasteiger partial charge in [-0.3, -0.25) is 0 Å². The molecule has 0 saturated carbocycles. The smallest absolute Gasteiger partial charge is 0.139 e. The standard InChI is InChI=1S/C15H14ClNO2/c16-13-3-1-2-11(15(13)18)9-17-12-4-5-14-10(8-12)6-7-19-14/h1-5,8,17-18H,6-7,9H2. The first kappa shape index (κ1) is 12.2.